The van der Waals surface area contributed by atoms with Crippen LogP contribution in [-0.4, -0.2) is 4.57 Å². The quantitative estimate of drug-likeness (QED) is 0.114. The fourth-order valence-electron chi connectivity index (χ4n) is 11.0. The van der Waals surface area contributed by atoms with E-state index in [0.717, 1.165) is 73.5 Å². The summed E-state index contributed by atoms with van der Waals surface area (Å²) in [6.45, 7) is 0. The van der Waals surface area contributed by atoms with E-state index in [-0.39, 0.29) is 0 Å². The van der Waals surface area contributed by atoms with Crippen LogP contribution in [0.1, 0.15) is 0 Å². The molecule has 12 aromatic carbocycles. The lowest BCUT2D eigenvalue weighted by Gasteiger charge is -2.31. The molecule has 0 saturated heterocycles. The average Bonchev–Trinajstić information content (AvgIpc) is 3.93. The van der Waals surface area contributed by atoms with E-state index < -0.39 is 0 Å². The van der Waals surface area contributed by atoms with Gasteiger partial charge in [0.25, 0.3) is 0 Å². The summed E-state index contributed by atoms with van der Waals surface area (Å²) in [5.74, 6) is 0. The summed E-state index contributed by atoms with van der Waals surface area (Å²) in [6, 6.07) is 113. The van der Waals surface area contributed by atoms with Crippen LogP contribution in [0, 0.1) is 0 Å². The van der Waals surface area contributed by atoms with Crippen LogP contribution in [0.25, 0.3) is 60.9 Å². The lowest BCUT2D eigenvalue weighted by Crippen LogP contribution is -2.15. The highest BCUT2D eigenvalue weighted by atomic mass is 15.2. The average molecular weight is 973 g/mol. The Labute approximate surface area is 444 Å². The smallest absolute Gasteiger partial charge is 0.0782 e. The summed E-state index contributed by atoms with van der Waals surface area (Å²) in [5.41, 5.74) is 19.9. The molecule has 0 bridgehead atoms. The van der Waals surface area contributed by atoms with Crippen molar-refractivity contribution in [2.24, 2.45) is 0 Å². The van der Waals surface area contributed by atoms with Gasteiger partial charge in [-0.1, -0.05) is 206 Å². The summed E-state index contributed by atoms with van der Waals surface area (Å²) in [5, 5.41) is 2.38. The number of rotatable bonds is 13. The molecule has 4 nitrogen and oxygen atoms in total. The molecule has 0 fully saturated rings. The first-order chi connectivity index (χ1) is 37.7. The van der Waals surface area contributed by atoms with Gasteiger partial charge in [-0.25, -0.2) is 0 Å². The molecule has 0 atom stereocenters. The Kier molecular flexibility index (Phi) is 12.3. The molecular formula is C72H52N4. The van der Waals surface area contributed by atoms with Gasteiger partial charge in [-0.15, -0.1) is 0 Å². The van der Waals surface area contributed by atoms with Gasteiger partial charge >= 0.3 is 0 Å². The number of benzene rings is 12. The molecule has 1 aromatic heterocycles. The third-order valence-electron chi connectivity index (χ3n) is 14.3. The molecule has 0 saturated carbocycles. The van der Waals surface area contributed by atoms with E-state index in [1.165, 1.54) is 38.6 Å². The van der Waals surface area contributed by atoms with E-state index in [1.807, 2.05) is 0 Å². The van der Waals surface area contributed by atoms with Crippen LogP contribution in [0.15, 0.2) is 315 Å². The number of para-hydroxylation sites is 6. The molecule has 0 aliphatic carbocycles. The maximum absolute atomic E-state index is 2.44. The lowest BCUT2D eigenvalue weighted by atomic mass is 9.87. The maximum atomic E-state index is 2.44. The number of hydrogen-bond acceptors (Lipinski definition) is 3. The lowest BCUT2D eigenvalue weighted by molar-refractivity contribution is 1.16. The van der Waals surface area contributed by atoms with Crippen molar-refractivity contribution < 1.29 is 0 Å². The van der Waals surface area contributed by atoms with Crippen molar-refractivity contribution in [3.63, 3.8) is 0 Å². The molecule has 0 amide bonds. The van der Waals surface area contributed by atoms with Gasteiger partial charge in [0.1, 0.15) is 0 Å². The summed E-state index contributed by atoms with van der Waals surface area (Å²) in [7, 11) is 0. The molecule has 0 unspecified atom stereocenters. The van der Waals surface area contributed by atoms with Crippen molar-refractivity contribution in [2.45, 2.75) is 0 Å². The highest BCUT2D eigenvalue weighted by Crippen LogP contribution is 2.48. The monoisotopic (exact) mass is 972 g/mol. The van der Waals surface area contributed by atoms with Crippen molar-refractivity contribution in [1.82, 2.24) is 4.57 Å². The molecule has 1 heterocycles. The van der Waals surface area contributed by atoms with E-state index in [2.05, 4.69) is 335 Å². The highest BCUT2D eigenvalue weighted by Gasteiger charge is 2.25. The van der Waals surface area contributed by atoms with E-state index in [1.54, 1.807) is 0 Å². The van der Waals surface area contributed by atoms with Gasteiger partial charge in [-0.05, 0) is 143 Å². The molecule has 0 spiro atoms. The third-order valence-corrected chi connectivity index (χ3v) is 14.3. The largest absolute Gasteiger partial charge is 0.310 e. The Balaban J connectivity index is 1.00. The second-order valence-electron chi connectivity index (χ2n) is 18.9. The third kappa shape index (κ3) is 8.64. The van der Waals surface area contributed by atoms with Crippen molar-refractivity contribution in [1.29, 1.82) is 0 Å². The van der Waals surface area contributed by atoms with Gasteiger partial charge < -0.3 is 19.3 Å². The first-order valence-electron chi connectivity index (χ1n) is 25.9. The zero-order chi connectivity index (χ0) is 50.6. The maximum Gasteiger partial charge on any atom is 0.0782 e. The fourth-order valence-corrected chi connectivity index (χ4v) is 11.0. The number of nitrogens with zero attached hydrogens (tertiary/aromatic N) is 4. The van der Waals surface area contributed by atoms with Gasteiger partial charge in [0, 0.05) is 62.0 Å². The summed E-state index contributed by atoms with van der Waals surface area (Å²) >= 11 is 0. The minimum Gasteiger partial charge on any atom is -0.310 e. The molecular weight excluding hydrogens is 921 g/mol. The molecule has 4 heteroatoms. The van der Waals surface area contributed by atoms with Gasteiger partial charge in [0.15, 0.2) is 0 Å². The minimum atomic E-state index is 1.01. The summed E-state index contributed by atoms with van der Waals surface area (Å²) in [6.07, 6.45) is 0. The summed E-state index contributed by atoms with van der Waals surface area (Å²) in [4.78, 5) is 7.15. The second kappa shape index (κ2) is 20.4. The number of aromatic nitrogens is 1. The Morgan fingerprint density at radius 1 is 0.237 bits per heavy atom. The van der Waals surface area contributed by atoms with Crippen molar-refractivity contribution in [2.75, 3.05) is 14.7 Å². The summed E-state index contributed by atoms with van der Waals surface area (Å²) < 4.78 is 2.43. The van der Waals surface area contributed by atoms with Crippen LogP contribution < -0.4 is 14.7 Å². The molecule has 0 N–H and O–H groups in total. The molecule has 13 aromatic rings. The second-order valence-corrected chi connectivity index (χ2v) is 18.9. The molecule has 76 heavy (non-hydrogen) atoms. The highest BCUT2D eigenvalue weighted by molar-refractivity contribution is 6.14. The van der Waals surface area contributed by atoms with Crippen LogP contribution in [-0.2, 0) is 0 Å². The Bertz CT molecular complexity index is 3990. The van der Waals surface area contributed by atoms with E-state index in [0.29, 0.717) is 0 Å². The minimum absolute atomic E-state index is 1.01. The van der Waals surface area contributed by atoms with E-state index in [4.69, 9.17) is 0 Å². The van der Waals surface area contributed by atoms with E-state index in [9.17, 15) is 0 Å². The van der Waals surface area contributed by atoms with Gasteiger partial charge in [-0.2, -0.15) is 0 Å². The first kappa shape index (κ1) is 45.7. The van der Waals surface area contributed by atoms with Crippen molar-refractivity contribution in [3.05, 3.63) is 315 Å². The molecule has 0 aliphatic rings. The first-order valence-corrected chi connectivity index (χ1v) is 25.9. The van der Waals surface area contributed by atoms with Gasteiger partial charge in [0.2, 0.25) is 0 Å². The van der Waals surface area contributed by atoms with Crippen LogP contribution in [0.3, 0.4) is 0 Å². The van der Waals surface area contributed by atoms with Crippen LogP contribution in [0.2, 0.25) is 0 Å². The molecule has 0 radical (unpaired) electrons. The van der Waals surface area contributed by atoms with Gasteiger partial charge in [0.05, 0.1) is 16.7 Å². The Morgan fingerprint density at radius 2 is 0.605 bits per heavy atom. The molecule has 13 rings (SSSR count). The molecule has 0 aliphatic heterocycles. The zero-order valence-electron chi connectivity index (χ0n) is 41.8. The SMILES string of the molecule is c1ccc(-c2cccc(-c3ccccc3)c2-c2ccc(N(c3ccccc3)c3cccc(N(c4cccc(N(c5ccccc5)c5ccccc5)c4)c4cccc5c6ccccc6n(-c6ccccc6)c45)c3)cc2)cc1. The zero-order valence-corrected chi connectivity index (χ0v) is 41.8. The normalized spacial score (nSPS) is 11.2. The van der Waals surface area contributed by atoms with Crippen LogP contribution in [0.5, 0.6) is 0 Å². The number of fused-ring (bicyclic) bond motifs is 3. The predicted molar refractivity (Wildman–Crippen MR) is 321 cm³/mol. The van der Waals surface area contributed by atoms with E-state index >= 15 is 0 Å². The Morgan fingerprint density at radius 3 is 1.11 bits per heavy atom. The number of anilines is 9. The number of hydrogen-bond donors (Lipinski definition) is 0. The van der Waals surface area contributed by atoms with Crippen LogP contribution >= 0.6 is 0 Å². The topological polar surface area (TPSA) is 14.7 Å². The Hall–Kier alpha value is -10.2. The van der Waals surface area contributed by atoms with Crippen molar-refractivity contribution in [3.8, 4) is 39.1 Å². The van der Waals surface area contributed by atoms with Crippen LogP contribution in [0.4, 0.5) is 51.2 Å². The van der Waals surface area contributed by atoms with Gasteiger partial charge in [-0.3, -0.25) is 0 Å². The van der Waals surface area contributed by atoms with Crippen molar-refractivity contribution >= 4 is 73.0 Å². The molecule has 360 valence electrons. The fraction of sp³-hybridized carbons (Fsp3) is 0. The standard InChI is InChI=1S/C72H52N4/c1-7-25-53(26-8-1)65-42-23-43-66(54-27-9-2-10-28-54)71(65)55-47-49-60(50-48-55)74(58-33-15-5-16-34-58)62-38-22-40-64(52-62)75(63-39-21-37-61(51-63)73(56-29-11-3-12-30-56)57-31-13-4-14-32-57)70-46-24-44-68-67-41-19-20-45-69(67)76(72(68)70)59-35-17-6-18-36-59/h1-52H. The predicted octanol–water partition coefficient (Wildman–Crippen LogP) is 20.2.